The van der Waals surface area contributed by atoms with E-state index in [-0.39, 0.29) is 0 Å². The average Bonchev–Trinajstić information content (AvgIpc) is 2.58. The summed E-state index contributed by atoms with van der Waals surface area (Å²) in [7, 11) is 1.67. The quantitative estimate of drug-likeness (QED) is 0.841. The number of aryl methyl sites for hydroxylation is 1. The SMILES string of the molecule is COc1cccc(-c2cc(C)sc2N)c1. The van der Waals surface area contributed by atoms with Crippen molar-refractivity contribution >= 4 is 16.3 Å². The van der Waals surface area contributed by atoms with Crippen molar-refractivity contribution < 1.29 is 4.74 Å². The number of benzene rings is 1. The van der Waals surface area contributed by atoms with Crippen molar-refractivity contribution in [3.63, 3.8) is 0 Å². The lowest BCUT2D eigenvalue weighted by molar-refractivity contribution is 0.415. The van der Waals surface area contributed by atoms with Gasteiger partial charge in [-0.3, -0.25) is 0 Å². The minimum Gasteiger partial charge on any atom is -0.497 e. The van der Waals surface area contributed by atoms with Gasteiger partial charge in [0.2, 0.25) is 0 Å². The highest BCUT2D eigenvalue weighted by Gasteiger charge is 2.06. The first-order valence-electron chi connectivity index (χ1n) is 4.71. The molecule has 3 heteroatoms. The third-order valence-electron chi connectivity index (χ3n) is 2.26. The van der Waals surface area contributed by atoms with Crippen LogP contribution in [0.1, 0.15) is 4.88 Å². The molecule has 0 saturated heterocycles. The molecular formula is C12H13NOS. The van der Waals surface area contributed by atoms with Gasteiger partial charge in [0.25, 0.3) is 0 Å². The molecule has 15 heavy (non-hydrogen) atoms. The first-order valence-corrected chi connectivity index (χ1v) is 5.52. The Morgan fingerprint density at radius 3 is 2.67 bits per heavy atom. The number of anilines is 1. The molecule has 1 heterocycles. The molecule has 0 radical (unpaired) electrons. The van der Waals surface area contributed by atoms with Crippen LogP contribution in [0.15, 0.2) is 30.3 Å². The minimum atomic E-state index is 0.857. The second kappa shape index (κ2) is 3.95. The second-order valence-corrected chi connectivity index (χ2v) is 4.65. The van der Waals surface area contributed by atoms with Crippen LogP contribution in [0, 0.1) is 6.92 Å². The largest absolute Gasteiger partial charge is 0.497 e. The highest BCUT2D eigenvalue weighted by molar-refractivity contribution is 7.16. The van der Waals surface area contributed by atoms with Crippen LogP contribution in [0.25, 0.3) is 11.1 Å². The van der Waals surface area contributed by atoms with Crippen LogP contribution in [0.3, 0.4) is 0 Å². The highest BCUT2D eigenvalue weighted by Crippen LogP contribution is 2.34. The molecule has 0 aliphatic heterocycles. The van der Waals surface area contributed by atoms with Crippen molar-refractivity contribution in [3.05, 3.63) is 35.2 Å². The molecule has 0 atom stereocenters. The van der Waals surface area contributed by atoms with Gasteiger partial charge in [-0.05, 0) is 30.7 Å². The van der Waals surface area contributed by atoms with Crippen molar-refractivity contribution in [2.45, 2.75) is 6.92 Å². The van der Waals surface area contributed by atoms with Crippen LogP contribution < -0.4 is 10.5 Å². The molecule has 1 aromatic heterocycles. The van der Waals surface area contributed by atoms with E-state index in [1.165, 1.54) is 4.88 Å². The molecular weight excluding hydrogens is 206 g/mol. The molecule has 0 saturated carbocycles. The highest BCUT2D eigenvalue weighted by atomic mass is 32.1. The molecule has 1 aromatic carbocycles. The molecule has 0 amide bonds. The van der Waals surface area contributed by atoms with Gasteiger partial charge in [-0.2, -0.15) is 0 Å². The van der Waals surface area contributed by atoms with Gasteiger partial charge in [0.1, 0.15) is 5.75 Å². The Bertz CT molecular complexity index is 476. The minimum absolute atomic E-state index is 0.857. The van der Waals surface area contributed by atoms with E-state index in [1.54, 1.807) is 18.4 Å². The number of hydrogen-bond acceptors (Lipinski definition) is 3. The topological polar surface area (TPSA) is 35.2 Å². The number of hydrogen-bond donors (Lipinski definition) is 1. The molecule has 0 unspecified atom stereocenters. The number of rotatable bonds is 2. The Morgan fingerprint density at radius 1 is 1.27 bits per heavy atom. The summed E-state index contributed by atoms with van der Waals surface area (Å²) in [5.74, 6) is 0.857. The summed E-state index contributed by atoms with van der Waals surface area (Å²) in [5.41, 5.74) is 8.14. The Labute approximate surface area is 93.3 Å². The Hall–Kier alpha value is -1.48. The third kappa shape index (κ3) is 1.97. The fourth-order valence-corrected chi connectivity index (χ4v) is 2.36. The number of ether oxygens (including phenoxy) is 1. The van der Waals surface area contributed by atoms with Gasteiger partial charge in [0, 0.05) is 10.4 Å². The maximum atomic E-state index is 5.94. The number of methoxy groups -OCH3 is 1. The van der Waals surface area contributed by atoms with E-state index >= 15 is 0 Å². The summed E-state index contributed by atoms with van der Waals surface area (Å²) in [6.07, 6.45) is 0. The van der Waals surface area contributed by atoms with E-state index in [0.717, 1.165) is 21.9 Å². The smallest absolute Gasteiger partial charge is 0.119 e. The summed E-state index contributed by atoms with van der Waals surface area (Å²) in [6.45, 7) is 2.06. The predicted molar refractivity (Wildman–Crippen MR) is 65.5 cm³/mol. The van der Waals surface area contributed by atoms with E-state index in [2.05, 4.69) is 13.0 Å². The number of nitrogen functional groups attached to an aromatic ring is 1. The molecule has 2 nitrogen and oxygen atoms in total. The molecule has 2 N–H and O–H groups in total. The zero-order chi connectivity index (χ0) is 10.8. The van der Waals surface area contributed by atoms with Gasteiger partial charge in [-0.1, -0.05) is 12.1 Å². The van der Waals surface area contributed by atoms with E-state index in [1.807, 2.05) is 24.3 Å². The van der Waals surface area contributed by atoms with Crippen molar-refractivity contribution in [1.82, 2.24) is 0 Å². The van der Waals surface area contributed by atoms with Gasteiger partial charge in [-0.25, -0.2) is 0 Å². The fourth-order valence-electron chi connectivity index (χ4n) is 1.55. The number of nitrogens with two attached hydrogens (primary N) is 1. The summed E-state index contributed by atoms with van der Waals surface area (Å²) >= 11 is 1.61. The molecule has 0 aliphatic rings. The van der Waals surface area contributed by atoms with Crippen molar-refractivity contribution in [2.75, 3.05) is 12.8 Å². The summed E-state index contributed by atoms with van der Waals surface area (Å²) in [5, 5.41) is 0.862. The van der Waals surface area contributed by atoms with Crippen molar-refractivity contribution in [2.24, 2.45) is 0 Å². The first kappa shape index (κ1) is 10.1. The molecule has 0 spiro atoms. The lowest BCUT2D eigenvalue weighted by Gasteiger charge is -2.03. The van der Waals surface area contributed by atoms with E-state index in [0.29, 0.717) is 0 Å². The van der Waals surface area contributed by atoms with Gasteiger partial charge in [0.15, 0.2) is 0 Å². The van der Waals surface area contributed by atoms with E-state index in [9.17, 15) is 0 Å². The molecule has 0 bridgehead atoms. The summed E-state index contributed by atoms with van der Waals surface area (Å²) in [4.78, 5) is 1.23. The molecule has 78 valence electrons. The molecule has 0 fully saturated rings. The monoisotopic (exact) mass is 219 g/mol. The van der Waals surface area contributed by atoms with Crippen LogP contribution >= 0.6 is 11.3 Å². The Balaban J connectivity index is 2.49. The predicted octanol–water partition coefficient (Wildman–Crippen LogP) is 3.31. The lowest BCUT2D eigenvalue weighted by Crippen LogP contribution is -1.85. The molecule has 2 aromatic rings. The zero-order valence-electron chi connectivity index (χ0n) is 8.78. The van der Waals surface area contributed by atoms with Gasteiger partial charge in [-0.15, -0.1) is 11.3 Å². The maximum absolute atomic E-state index is 5.94. The lowest BCUT2D eigenvalue weighted by atomic mass is 10.1. The maximum Gasteiger partial charge on any atom is 0.119 e. The van der Waals surface area contributed by atoms with Gasteiger partial charge in [0.05, 0.1) is 12.1 Å². The standard InChI is InChI=1S/C12H13NOS/c1-8-6-11(12(13)15-8)9-4-3-5-10(7-9)14-2/h3-7H,13H2,1-2H3. The Kier molecular flexibility index (Phi) is 2.64. The zero-order valence-corrected chi connectivity index (χ0v) is 9.60. The van der Waals surface area contributed by atoms with Crippen LogP contribution in [-0.4, -0.2) is 7.11 Å². The van der Waals surface area contributed by atoms with E-state index in [4.69, 9.17) is 10.5 Å². The van der Waals surface area contributed by atoms with Crippen LogP contribution in [0.2, 0.25) is 0 Å². The second-order valence-electron chi connectivity index (χ2n) is 3.37. The normalized spacial score (nSPS) is 10.3. The Morgan fingerprint density at radius 2 is 2.07 bits per heavy atom. The average molecular weight is 219 g/mol. The summed E-state index contributed by atoms with van der Waals surface area (Å²) < 4.78 is 5.19. The third-order valence-corrected chi connectivity index (χ3v) is 3.14. The van der Waals surface area contributed by atoms with Gasteiger partial charge >= 0.3 is 0 Å². The first-order chi connectivity index (χ1) is 7.20. The number of thiophene rings is 1. The van der Waals surface area contributed by atoms with Crippen LogP contribution in [-0.2, 0) is 0 Å². The molecule has 0 aliphatic carbocycles. The van der Waals surface area contributed by atoms with E-state index < -0.39 is 0 Å². The van der Waals surface area contributed by atoms with Crippen LogP contribution in [0.5, 0.6) is 5.75 Å². The summed E-state index contributed by atoms with van der Waals surface area (Å²) in [6, 6.07) is 10.0. The van der Waals surface area contributed by atoms with Crippen molar-refractivity contribution in [3.8, 4) is 16.9 Å². The van der Waals surface area contributed by atoms with Crippen molar-refractivity contribution in [1.29, 1.82) is 0 Å². The molecule has 2 rings (SSSR count). The van der Waals surface area contributed by atoms with Crippen LogP contribution in [0.4, 0.5) is 5.00 Å². The fraction of sp³-hybridized carbons (Fsp3) is 0.167. The van der Waals surface area contributed by atoms with Gasteiger partial charge < -0.3 is 10.5 Å².